The first-order chi connectivity index (χ1) is 28.9. The zero-order valence-corrected chi connectivity index (χ0v) is 33.1. The van der Waals surface area contributed by atoms with Crippen molar-refractivity contribution in [3.8, 4) is 44.5 Å². The average molecular weight is 741 g/mol. The lowest BCUT2D eigenvalue weighted by Crippen LogP contribution is -2.50. The molecule has 0 atom stereocenters. The zero-order chi connectivity index (χ0) is 41.5. The molecule has 0 fully saturated rings. The van der Waals surface area contributed by atoms with Gasteiger partial charge in [-0.25, -0.2) is 0 Å². The molecule has 1 heterocycles. The topological polar surface area (TPSA) is 13.1 Å². The van der Waals surface area contributed by atoms with Crippen molar-refractivity contribution < 1.29 is 4.42 Å². The lowest BCUT2D eigenvalue weighted by atomic mass is 9.59. The first-order valence-electron chi connectivity index (χ1n) is 19.8. The molecule has 1 aliphatic carbocycles. The highest BCUT2D eigenvalue weighted by atomic mass is 16.3. The van der Waals surface area contributed by atoms with E-state index in [-0.39, 0.29) is 49.1 Å². The maximum atomic E-state index is 7.07. The minimum atomic E-state index is -0.291. The van der Waals surface area contributed by atoms with Crippen LogP contribution in [0.25, 0.3) is 98.8 Å². The first kappa shape index (κ1) is 37.1. The van der Waals surface area contributed by atoms with Crippen molar-refractivity contribution in [2.24, 2.45) is 0 Å². The van der Waals surface area contributed by atoms with Gasteiger partial charge in [0.05, 0.1) is 0 Å². The Hall–Kier alpha value is -5.92. The normalized spacial score (nSPS) is 13.2. The van der Waals surface area contributed by atoms with Crippen LogP contribution in [-0.2, 0) is 5.41 Å². The second-order valence-electron chi connectivity index (χ2n) is 16.5. The number of fused-ring (bicyclic) bond motifs is 10. The first-order valence-corrected chi connectivity index (χ1v) is 19.8. The maximum absolute atomic E-state index is 7.07. The van der Waals surface area contributed by atoms with Crippen LogP contribution in [0, 0.1) is 0 Å². The van der Waals surface area contributed by atoms with Crippen LogP contribution in [0.5, 0.6) is 0 Å². The van der Waals surface area contributed by atoms with E-state index in [2.05, 4.69) is 105 Å². The molecule has 0 aliphatic heterocycles. The molecule has 0 amide bonds. The van der Waals surface area contributed by atoms with Crippen LogP contribution in [0.2, 0.25) is 0 Å². The molecule has 0 spiro atoms. The van der Waals surface area contributed by atoms with Gasteiger partial charge in [0.25, 0.3) is 0 Å². The number of benzene rings is 9. The molecule has 0 bridgehead atoms. The molecular formula is C51H26B8O. The van der Waals surface area contributed by atoms with E-state index in [0.29, 0.717) is 32.7 Å². The van der Waals surface area contributed by atoms with Gasteiger partial charge in [-0.1, -0.05) is 133 Å². The van der Waals surface area contributed by atoms with Gasteiger partial charge in [-0.3, -0.25) is 0 Å². The molecule has 260 valence electrons. The molecule has 9 aromatic carbocycles. The third kappa shape index (κ3) is 4.99. The highest BCUT2D eigenvalue weighted by Gasteiger charge is 2.36. The number of hydrogen-bond acceptors (Lipinski definition) is 1. The summed E-state index contributed by atoms with van der Waals surface area (Å²) in [7, 11) is 55.0. The van der Waals surface area contributed by atoms with E-state index in [0.717, 1.165) is 66.1 Å². The predicted octanol–water partition coefficient (Wildman–Crippen LogP) is 4.70. The van der Waals surface area contributed by atoms with Gasteiger partial charge >= 0.3 is 0 Å². The molecule has 1 nitrogen and oxygen atoms in total. The Morgan fingerprint density at radius 3 is 1.55 bits per heavy atom. The van der Waals surface area contributed by atoms with Crippen molar-refractivity contribution in [2.45, 2.75) is 19.3 Å². The minimum Gasteiger partial charge on any atom is -0.455 e. The molecule has 1 aromatic heterocycles. The van der Waals surface area contributed by atoms with E-state index in [9.17, 15) is 0 Å². The van der Waals surface area contributed by atoms with Gasteiger partial charge in [0, 0.05) is 21.6 Å². The van der Waals surface area contributed by atoms with Crippen LogP contribution in [0.3, 0.4) is 0 Å². The van der Waals surface area contributed by atoms with Crippen LogP contribution >= 0.6 is 0 Å². The molecule has 0 N–H and O–H groups in total. The lowest BCUT2D eigenvalue weighted by molar-refractivity contribution is 0.660. The highest BCUT2D eigenvalue weighted by Crippen LogP contribution is 2.51. The molecular weight excluding hydrogens is 715 g/mol. The van der Waals surface area contributed by atoms with Gasteiger partial charge in [0.2, 0.25) is 0 Å². The molecule has 9 heteroatoms. The minimum absolute atomic E-state index is 0.178. The van der Waals surface area contributed by atoms with Gasteiger partial charge in [-0.05, 0) is 107 Å². The van der Waals surface area contributed by atoms with Crippen molar-refractivity contribution >= 4 is 161 Å². The Morgan fingerprint density at radius 2 is 0.900 bits per heavy atom. The van der Waals surface area contributed by atoms with Crippen LogP contribution in [-0.4, -0.2) is 62.8 Å². The summed E-state index contributed by atoms with van der Waals surface area (Å²) in [5.74, 6) is 0. The number of furan rings is 1. The van der Waals surface area contributed by atoms with Crippen LogP contribution in [0.1, 0.15) is 25.0 Å². The molecule has 0 unspecified atom stereocenters. The van der Waals surface area contributed by atoms with Gasteiger partial charge < -0.3 is 4.42 Å². The largest absolute Gasteiger partial charge is 0.455 e. The third-order valence-electron chi connectivity index (χ3n) is 13.1. The van der Waals surface area contributed by atoms with Crippen molar-refractivity contribution in [2.75, 3.05) is 0 Å². The molecule has 16 radical (unpaired) electrons. The summed E-state index contributed by atoms with van der Waals surface area (Å²) in [5.41, 5.74) is 13.0. The van der Waals surface area contributed by atoms with E-state index < -0.39 is 0 Å². The molecule has 10 aromatic rings. The number of rotatable bonds is 3. The quantitative estimate of drug-likeness (QED) is 0.189. The fourth-order valence-corrected chi connectivity index (χ4v) is 9.90. The summed E-state index contributed by atoms with van der Waals surface area (Å²) in [4.78, 5) is 0. The summed E-state index contributed by atoms with van der Waals surface area (Å²) < 4.78 is 6.40. The standard InChI is InChI=1S/C51H26B8O/c1-51(2)33-10-6-5-9-29(33)30-18-16-27(22-34(30)51)37-40-38(42(52)46(56)48(58)44(40)54)36(39-41(37)45(55)49(59)47(57)43(39)53)25-13-11-23(12-14-25)26-17-20-35-32(21-26)31-19-15-24-7-3-4-8-28(24)50(31)60-35/h3-22H,1-2H3. The van der Waals surface area contributed by atoms with Crippen molar-refractivity contribution in [1.82, 2.24) is 0 Å². The average Bonchev–Trinajstić information content (AvgIpc) is 3.76. The van der Waals surface area contributed by atoms with Crippen molar-refractivity contribution in [3.63, 3.8) is 0 Å². The summed E-state index contributed by atoms with van der Waals surface area (Å²) in [6, 6.07) is 41.9. The van der Waals surface area contributed by atoms with Gasteiger partial charge in [0.15, 0.2) is 0 Å². The SMILES string of the molecule is [B]c1c([B])c([B])c2c(-c3ccc4c(c3)C(C)(C)c3ccccc3-4)c3c([B])c([B])c([B])c([B])c3c(-c3ccc(-c4ccc5oc6c7ccccc7ccc6c5c4)cc3)c2c1[B]. The molecule has 60 heavy (non-hydrogen) atoms. The molecule has 0 saturated carbocycles. The van der Waals surface area contributed by atoms with Crippen molar-refractivity contribution in [3.05, 3.63) is 132 Å². The predicted molar refractivity (Wildman–Crippen MR) is 263 cm³/mol. The Kier molecular flexibility index (Phi) is 8.06. The Balaban J connectivity index is 1.17. The zero-order valence-electron chi connectivity index (χ0n) is 33.1. The Labute approximate surface area is 359 Å². The van der Waals surface area contributed by atoms with Crippen molar-refractivity contribution in [1.29, 1.82) is 0 Å². The third-order valence-corrected chi connectivity index (χ3v) is 13.1. The maximum Gasteiger partial charge on any atom is 0.143 e. The van der Waals surface area contributed by atoms with E-state index in [1.54, 1.807) is 0 Å². The molecule has 1 aliphatic rings. The van der Waals surface area contributed by atoms with E-state index in [1.807, 2.05) is 30.3 Å². The fraction of sp³-hybridized carbons (Fsp3) is 0.0588. The van der Waals surface area contributed by atoms with Gasteiger partial charge in [0.1, 0.15) is 73.9 Å². The fourth-order valence-electron chi connectivity index (χ4n) is 9.90. The second kappa shape index (κ2) is 13.0. The number of hydrogen-bond donors (Lipinski definition) is 0. The summed E-state index contributed by atoms with van der Waals surface area (Å²) in [5, 5.41) is 6.69. The van der Waals surface area contributed by atoms with Crippen LogP contribution in [0.15, 0.2) is 126 Å². The molecule has 0 saturated heterocycles. The second-order valence-corrected chi connectivity index (χ2v) is 16.5. The highest BCUT2D eigenvalue weighted by molar-refractivity contribution is 6.71. The summed E-state index contributed by atoms with van der Waals surface area (Å²) in [6.07, 6.45) is 0. The summed E-state index contributed by atoms with van der Waals surface area (Å²) >= 11 is 0. The van der Waals surface area contributed by atoms with Gasteiger partial charge in [-0.15, -0.1) is 21.9 Å². The monoisotopic (exact) mass is 742 g/mol. The van der Waals surface area contributed by atoms with Gasteiger partial charge in [-0.2, -0.15) is 0 Å². The van der Waals surface area contributed by atoms with E-state index in [4.69, 9.17) is 67.2 Å². The van der Waals surface area contributed by atoms with Crippen LogP contribution in [0.4, 0.5) is 0 Å². The Morgan fingerprint density at radius 1 is 0.383 bits per heavy atom. The smallest absolute Gasteiger partial charge is 0.143 e. The van der Waals surface area contributed by atoms with E-state index >= 15 is 0 Å². The van der Waals surface area contributed by atoms with E-state index in [1.165, 1.54) is 11.1 Å². The summed E-state index contributed by atoms with van der Waals surface area (Å²) in [6.45, 7) is 4.47. The van der Waals surface area contributed by atoms with Crippen LogP contribution < -0.4 is 43.7 Å². The Bertz CT molecular complexity index is 3470. The molecule has 11 rings (SSSR count). The lowest BCUT2D eigenvalue weighted by Gasteiger charge is -2.29.